The summed E-state index contributed by atoms with van der Waals surface area (Å²) >= 11 is 22.7. The van der Waals surface area contributed by atoms with Crippen molar-refractivity contribution in [2.75, 3.05) is 26.2 Å². The predicted molar refractivity (Wildman–Crippen MR) is 246 cm³/mol. The van der Waals surface area contributed by atoms with Crippen LogP contribution in [0.1, 0.15) is 126 Å². The van der Waals surface area contributed by atoms with Gasteiger partial charge in [0, 0.05) is 52.4 Å². The standard InChI is InChI=1S/C42H68N8S4/c1-3-5-7-9-11-13-15-37-29-47-39(51)43-25-33-17-21-35(22-18-33)27-45-41(53)49-31-38(16-14-12-10-8-6-4-2)32-50-42(54)46-28-36-23-19-34(20-24-36)26-44-40(52)48-30-37/h17-24,37-38H,3-16,25-32H2,1-2H3,(H2,43,47,51)(H2,44,48,52)(H2,45,49,53)(H2,46,50,54). The number of hydrogen-bond donors (Lipinski definition) is 8. The Kier molecular flexibility index (Phi) is 24.1. The van der Waals surface area contributed by atoms with E-state index in [-0.39, 0.29) is 0 Å². The monoisotopic (exact) mass is 812 g/mol. The lowest BCUT2D eigenvalue weighted by Crippen LogP contribution is -2.43. The van der Waals surface area contributed by atoms with Crippen molar-refractivity contribution in [3.05, 3.63) is 70.8 Å². The first-order valence-corrected chi connectivity index (χ1v) is 22.2. The fraction of sp³-hybridized carbons (Fsp3) is 0.619. The van der Waals surface area contributed by atoms with E-state index in [0.717, 1.165) is 39.0 Å². The van der Waals surface area contributed by atoms with Crippen LogP contribution in [0.25, 0.3) is 0 Å². The number of rotatable bonds is 14. The van der Waals surface area contributed by atoms with Gasteiger partial charge in [0.15, 0.2) is 20.4 Å². The third-order valence-electron chi connectivity index (χ3n) is 10.00. The zero-order chi connectivity index (χ0) is 38.6. The summed E-state index contributed by atoms with van der Waals surface area (Å²) in [5, 5.41) is 30.2. The van der Waals surface area contributed by atoms with Crippen LogP contribution in [0.3, 0.4) is 0 Å². The zero-order valence-electron chi connectivity index (χ0n) is 33.0. The first-order valence-electron chi connectivity index (χ1n) is 20.6. The van der Waals surface area contributed by atoms with E-state index in [0.29, 0.717) is 58.5 Å². The molecule has 54 heavy (non-hydrogen) atoms. The lowest BCUT2D eigenvalue weighted by molar-refractivity contribution is 0.438. The minimum atomic E-state index is 0.405. The molecule has 4 aliphatic heterocycles. The van der Waals surface area contributed by atoms with Crippen molar-refractivity contribution in [2.45, 2.75) is 130 Å². The molecule has 2 aromatic carbocycles. The summed E-state index contributed by atoms with van der Waals surface area (Å²) in [6, 6.07) is 17.2. The Labute approximate surface area is 348 Å². The van der Waals surface area contributed by atoms with Crippen LogP contribution in [0, 0.1) is 11.8 Å². The van der Waals surface area contributed by atoms with Gasteiger partial charge in [-0.25, -0.2) is 0 Å². The normalized spacial score (nSPS) is 18.5. The van der Waals surface area contributed by atoms with Crippen LogP contribution < -0.4 is 42.5 Å². The summed E-state index contributed by atoms with van der Waals surface area (Å²) in [6.07, 6.45) is 17.6. The molecule has 0 amide bonds. The smallest absolute Gasteiger partial charge is 0.166 e. The molecule has 2 aromatic rings. The molecule has 0 aromatic heterocycles. The van der Waals surface area contributed by atoms with E-state index >= 15 is 0 Å². The molecule has 0 saturated heterocycles. The van der Waals surface area contributed by atoms with Gasteiger partial charge in [-0.15, -0.1) is 0 Å². The minimum absolute atomic E-state index is 0.405. The van der Waals surface area contributed by atoms with Crippen molar-refractivity contribution in [3.63, 3.8) is 0 Å². The van der Waals surface area contributed by atoms with Gasteiger partial charge in [0.1, 0.15) is 0 Å². The zero-order valence-corrected chi connectivity index (χ0v) is 36.2. The van der Waals surface area contributed by atoms with Gasteiger partial charge in [-0.3, -0.25) is 0 Å². The van der Waals surface area contributed by atoms with Crippen molar-refractivity contribution >= 4 is 69.3 Å². The molecule has 0 saturated carbocycles. The van der Waals surface area contributed by atoms with E-state index < -0.39 is 0 Å². The van der Waals surface area contributed by atoms with Crippen molar-refractivity contribution in [1.82, 2.24) is 42.5 Å². The summed E-state index contributed by atoms with van der Waals surface area (Å²) in [4.78, 5) is 0. The minimum Gasteiger partial charge on any atom is -0.362 e. The first-order chi connectivity index (χ1) is 26.3. The highest BCUT2D eigenvalue weighted by atomic mass is 32.1. The second kappa shape index (κ2) is 28.6. The number of hydrogen-bond acceptors (Lipinski definition) is 4. The molecule has 4 heterocycles. The van der Waals surface area contributed by atoms with Crippen LogP contribution in [-0.4, -0.2) is 46.6 Å². The maximum atomic E-state index is 5.69. The summed E-state index contributed by atoms with van der Waals surface area (Å²) in [6.45, 7) is 10.4. The van der Waals surface area contributed by atoms with Crippen LogP contribution in [0.2, 0.25) is 0 Å². The molecule has 8 nitrogen and oxygen atoms in total. The molecule has 0 spiro atoms. The third kappa shape index (κ3) is 21.3. The highest BCUT2D eigenvalue weighted by Crippen LogP contribution is 2.14. The van der Waals surface area contributed by atoms with E-state index in [1.807, 2.05) is 0 Å². The van der Waals surface area contributed by atoms with Gasteiger partial charge in [0.05, 0.1) is 0 Å². The average Bonchev–Trinajstić information content (AvgIpc) is 3.19. The number of unbranched alkanes of at least 4 members (excludes halogenated alkanes) is 10. The highest BCUT2D eigenvalue weighted by Gasteiger charge is 2.13. The van der Waals surface area contributed by atoms with Crippen molar-refractivity contribution in [3.8, 4) is 0 Å². The Balaban J connectivity index is 1.60. The van der Waals surface area contributed by atoms with Gasteiger partial charge in [-0.05, 0) is 95.8 Å². The van der Waals surface area contributed by atoms with Gasteiger partial charge in [-0.2, -0.15) is 0 Å². The molecular formula is C42H68N8S4. The molecule has 0 aliphatic carbocycles. The van der Waals surface area contributed by atoms with E-state index in [1.54, 1.807) is 0 Å². The predicted octanol–water partition coefficient (Wildman–Crippen LogP) is 7.99. The second-order valence-electron chi connectivity index (χ2n) is 14.7. The fourth-order valence-corrected chi connectivity index (χ4v) is 7.08. The summed E-state index contributed by atoms with van der Waals surface area (Å²) in [7, 11) is 0. The van der Waals surface area contributed by atoms with Crippen LogP contribution in [0.4, 0.5) is 0 Å². The first kappa shape index (κ1) is 45.6. The molecule has 0 radical (unpaired) electrons. The Morgan fingerprint density at radius 1 is 0.370 bits per heavy atom. The number of benzene rings is 2. The van der Waals surface area contributed by atoms with Crippen LogP contribution in [0.15, 0.2) is 48.5 Å². The Morgan fingerprint density at radius 3 is 0.870 bits per heavy atom. The lowest BCUT2D eigenvalue weighted by Gasteiger charge is -2.21. The van der Waals surface area contributed by atoms with Crippen molar-refractivity contribution in [1.29, 1.82) is 0 Å². The highest BCUT2D eigenvalue weighted by molar-refractivity contribution is 7.80. The summed E-state index contributed by atoms with van der Waals surface area (Å²) in [5.74, 6) is 0.809. The van der Waals surface area contributed by atoms with E-state index in [2.05, 4.69) is 105 Å². The van der Waals surface area contributed by atoms with E-state index in [1.165, 1.54) is 99.3 Å². The molecular weight excluding hydrogens is 745 g/mol. The molecule has 12 heteroatoms. The molecule has 8 N–H and O–H groups in total. The number of thiocarbonyl (C=S) groups is 4. The fourth-order valence-electron chi connectivity index (χ4n) is 6.46. The topological polar surface area (TPSA) is 96.2 Å². The van der Waals surface area contributed by atoms with Crippen molar-refractivity contribution in [2.24, 2.45) is 11.8 Å². The van der Waals surface area contributed by atoms with Crippen LogP contribution in [-0.2, 0) is 26.2 Å². The third-order valence-corrected chi connectivity index (χ3v) is 11.1. The molecule has 6 rings (SSSR count). The molecule has 0 atom stereocenters. The SMILES string of the molecule is CCCCCCCCC1CNC(=S)NCc2ccc(cc2)CNC(=S)NCC(CCCCCCCC)CNC(=S)NCc2ccc(cc2)CNC(=S)NC1. The molecule has 4 bridgehead atoms. The van der Waals surface area contributed by atoms with Gasteiger partial charge in [-0.1, -0.05) is 139 Å². The summed E-state index contributed by atoms with van der Waals surface area (Å²) < 4.78 is 0. The Bertz CT molecular complexity index is 1170. The quantitative estimate of drug-likeness (QED) is 0.0703. The van der Waals surface area contributed by atoms with E-state index in [4.69, 9.17) is 48.9 Å². The Hall–Kier alpha value is -2.80. The van der Waals surface area contributed by atoms with E-state index in [9.17, 15) is 0 Å². The van der Waals surface area contributed by atoms with Gasteiger partial charge in [0.25, 0.3) is 0 Å². The lowest BCUT2D eigenvalue weighted by atomic mass is 10.00. The van der Waals surface area contributed by atoms with Gasteiger partial charge in [0.2, 0.25) is 0 Å². The largest absolute Gasteiger partial charge is 0.362 e. The van der Waals surface area contributed by atoms with Crippen LogP contribution >= 0.6 is 48.9 Å². The van der Waals surface area contributed by atoms with Gasteiger partial charge >= 0.3 is 0 Å². The van der Waals surface area contributed by atoms with Crippen LogP contribution in [0.5, 0.6) is 0 Å². The number of nitrogens with one attached hydrogen (secondary N) is 8. The molecule has 4 aliphatic rings. The molecule has 300 valence electrons. The maximum Gasteiger partial charge on any atom is 0.166 e. The summed E-state index contributed by atoms with van der Waals surface area (Å²) in [5.41, 5.74) is 4.71. The Morgan fingerprint density at radius 2 is 0.611 bits per heavy atom. The second-order valence-corrected chi connectivity index (χ2v) is 16.4. The van der Waals surface area contributed by atoms with Gasteiger partial charge < -0.3 is 42.5 Å². The molecule has 0 unspecified atom stereocenters. The maximum absolute atomic E-state index is 5.69. The average molecular weight is 813 g/mol. The van der Waals surface area contributed by atoms with Crippen molar-refractivity contribution < 1.29 is 0 Å². The molecule has 0 fully saturated rings.